The summed E-state index contributed by atoms with van der Waals surface area (Å²) in [7, 11) is 1.50. The van der Waals surface area contributed by atoms with Crippen LogP contribution in [0.5, 0.6) is 0 Å². The molecule has 0 fully saturated rings. The Morgan fingerprint density at radius 1 is 1.00 bits per heavy atom. The third kappa shape index (κ3) is 1210. The predicted molar refractivity (Wildman–Crippen MR) is 26.5 cm³/mol. The number of hydrogen-bond donors (Lipinski definition) is 4. The van der Waals surface area contributed by atoms with E-state index in [0.29, 0.717) is 0 Å². The van der Waals surface area contributed by atoms with Gasteiger partial charge in [0.2, 0.25) is 0 Å². The predicted octanol–water partition coefficient (Wildman–Crippen LogP) is -2.28. The zero-order valence-electron chi connectivity index (χ0n) is 3.89. The van der Waals surface area contributed by atoms with Gasteiger partial charge in [0.25, 0.3) is 0 Å². The molecule has 4 heteroatoms. The van der Waals surface area contributed by atoms with E-state index in [1.165, 1.54) is 7.05 Å². The number of hydrogen-bond acceptors (Lipinski definition) is 4. The molecule has 4 nitrogen and oxygen atoms in total. The molecule has 0 aromatic rings. The first kappa shape index (κ1) is 9.28. The van der Waals surface area contributed by atoms with Crippen molar-refractivity contribution in [1.29, 1.82) is 0 Å². The van der Waals surface area contributed by atoms with Gasteiger partial charge in [0.05, 0.1) is 0 Å². The van der Waals surface area contributed by atoms with Crippen molar-refractivity contribution in [3.8, 4) is 0 Å². The maximum Gasteiger partial charge on any atom is 0.104 e. The van der Waals surface area contributed by atoms with Gasteiger partial charge in [-0.1, -0.05) is 0 Å². The molecule has 0 aromatic heterocycles. The van der Waals surface area contributed by atoms with E-state index in [1.807, 2.05) is 0 Å². The van der Waals surface area contributed by atoms with E-state index >= 15 is 0 Å². The van der Waals surface area contributed by atoms with Crippen LogP contribution in [0.2, 0.25) is 0 Å². The Morgan fingerprint density at radius 2 is 1.00 bits per heavy atom. The summed E-state index contributed by atoms with van der Waals surface area (Å²) < 4.78 is 0. The Bertz CT molecular complexity index is 10.3. The average Bonchev–Trinajstić information content (AvgIpc) is 1.41. The molecule has 0 saturated carbocycles. The molecule has 0 spiro atoms. The molecular formula is C2H12N4. The smallest absolute Gasteiger partial charge is 0.104 e. The molecule has 0 amide bonds. The average molecular weight is 92.1 g/mol. The Labute approximate surface area is 37.5 Å². The lowest BCUT2D eigenvalue weighted by molar-refractivity contribution is 0.750. The summed E-state index contributed by atoms with van der Waals surface area (Å²) in [5.41, 5.74) is 18.5. The second-order valence-electron chi connectivity index (χ2n) is 0.577. The van der Waals surface area contributed by atoms with Crippen molar-refractivity contribution in [3.63, 3.8) is 0 Å². The van der Waals surface area contributed by atoms with Gasteiger partial charge in [0, 0.05) is 0 Å². The maximum absolute atomic E-state index is 4.67. The summed E-state index contributed by atoms with van der Waals surface area (Å²) in [5.74, 6) is 0. The molecule has 0 atom stereocenters. The maximum atomic E-state index is 4.67. The van der Waals surface area contributed by atoms with Crippen LogP contribution in [0.25, 0.3) is 0 Å². The minimum absolute atomic E-state index is 0.667. The summed E-state index contributed by atoms with van der Waals surface area (Å²) in [6.07, 6.45) is -0.667. The molecule has 8 N–H and O–H groups in total. The van der Waals surface area contributed by atoms with Crippen LogP contribution in [0.15, 0.2) is 0 Å². The highest BCUT2D eigenvalue weighted by molar-refractivity contribution is 4.25. The topological polar surface area (TPSA) is 104 Å². The molecule has 0 heterocycles. The first-order chi connectivity index (χ1) is 2.73. The van der Waals surface area contributed by atoms with Crippen LogP contribution >= 0.6 is 0 Å². The van der Waals surface area contributed by atoms with Crippen LogP contribution in [0.3, 0.4) is 0 Å². The van der Waals surface area contributed by atoms with Gasteiger partial charge in [-0.2, -0.15) is 0 Å². The molecular weight excluding hydrogens is 80.1 g/mol. The van der Waals surface area contributed by atoms with Gasteiger partial charge in [-0.3, -0.25) is 0 Å². The minimum atomic E-state index is -0.667. The van der Waals surface area contributed by atoms with E-state index in [2.05, 4.69) is 22.9 Å². The van der Waals surface area contributed by atoms with E-state index in [-0.39, 0.29) is 0 Å². The fourth-order valence-electron chi connectivity index (χ4n) is 0. The summed E-state index contributed by atoms with van der Waals surface area (Å²) in [6.45, 7) is 0. The van der Waals surface area contributed by atoms with Gasteiger partial charge in [-0.05, 0) is 7.05 Å². The van der Waals surface area contributed by atoms with E-state index < -0.39 is 6.29 Å². The fourth-order valence-corrected chi connectivity index (χ4v) is 0. The summed E-state index contributed by atoms with van der Waals surface area (Å²) in [6, 6.07) is 0. The second kappa shape index (κ2) is 8.85. The molecule has 0 rings (SSSR count). The van der Waals surface area contributed by atoms with Crippen LogP contribution in [0.1, 0.15) is 0 Å². The van der Waals surface area contributed by atoms with Crippen LogP contribution in [0, 0.1) is 0 Å². The molecule has 0 aliphatic heterocycles. The third-order valence-electron chi connectivity index (χ3n) is 0. The van der Waals surface area contributed by atoms with E-state index in [1.54, 1.807) is 0 Å². The molecule has 0 unspecified atom stereocenters. The highest BCUT2D eigenvalue weighted by Gasteiger charge is 1.64. The Morgan fingerprint density at radius 3 is 1.00 bits per heavy atom. The standard InChI is InChI=1S/CH7N3.CH5N/c2-1(3)4;1-2/h1H,2-4H2;2H2,1H3. The van der Waals surface area contributed by atoms with Gasteiger partial charge in [0.1, 0.15) is 6.29 Å². The van der Waals surface area contributed by atoms with Crippen molar-refractivity contribution in [2.24, 2.45) is 22.9 Å². The zero-order valence-corrected chi connectivity index (χ0v) is 3.89. The normalized spacial score (nSPS) is 7.00. The quantitative estimate of drug-likeness (QED) is 0.253. The molecule has 0 bridgehead atoms. The monoisotopic (exact) mass is 92.1 g/mol. The van der Waals surface area contributed by atoms with E-state index in [4.69, 9.17) is 0 Å². The van der Waals surface area contributed by atoms with Crippen LogP contribution in [0.4, 0.5) is 0 Å². The van der Waals surface area contributed by atoms with Crippen molar-refractivity contribution in [2.45, 2.75) is 6.29 Å². The van der Waals surface area contributed by atoms with Crippen LogP contribution in [-0.4, -0.2) is 13.3 Å². The highest BCUT2D eigenvalue weighted by atomic mass is 15.0. The van der Waals surface area contributed by atoms with Crippen LogP contribution in [-0.2, 0) is 0 Å². The van der Waals surface area contributed by atoms with Crippen molar-refractivity contribution >= 4 is 0 Å². The van der Waals surface area contributed by atoms with Gasteiger partial charge >= 0.3 is 0 Å². The Kier molecular flexibility index (Phi) is 13.7. The molecule has 0 saturated heterocycles. The molecule has 0 radical (unpaired) electrons. The molecule has 6 heavy (non-hydrogen) atoms. The summed E-state index contributed by atoms with van der Waals surface area (Å²) in [5, 5.41) is 0. The summed E-state index contributed by atoms with van der Waals surface area (Å²) in [4.78, 5) is 0. The van der Waals surface area contributed by atoms with Crippen molar-refractivity contribution in [2.75, 3.05) is 7.05 Å². The van der Waals surface area contributed by atoms with Crippen molar-refractivity contribution in [1.82, 2.24) is 0 Å². The first-order valence-electron chi connectivity index (χ1n) is 1.58. The molecule has 0 aliphatic rings. The van der Waals surface area contributed by atoms with E-state index in [0.717, 1.165) is 0 Å². The highest BCUT2D eigenvalue weighted by Crippen LogP contribution is 1.17. The lowest BCUT2D eigenvalue weighted by Crippen LogP contribution is -2.39. The number of nitrogens with two attached hydrogens (primary N) is 4. The van der Waals surface area contributed by atoms with E-state index in [9.17, 15) is 0 Å². The summed E-state index contributed by atoms with van der Waals surface area (Å²) >= 11 is 0. The zero-order chi connectivity index (χ0) is 5.58. The first-order valence-corrected chi connectivity index (χ1v) is 1.58. The fraction of sp³-hybridized carbons (Fsp3) is 1.00. The lowest BCUT2D eigenvalue weighted by atomic mass is 11.0. The third-order valence-corrected chi connectivity index (χ3v) is 0. The van der Waals surface area contributed by atoms with Crippen molar-refractivity contribution < 1.29 is 0 Å². The molecule has 0 aromatic carbocycles. The molecule has 40 valence electrons. The van der Waals surface area contributed by atoms with Gasteiger partial charge < -0.3 is 22.9 Å². The van der Waals surface area contributed by atoms with Crippen molar-refractivity contribution in [3.05, 3.63) is 0 Å². The Balaban J connectivity index is 0. The van der Waals surface area contributed by atoms with Gasteiger partial charge in [0.15, 0.2) is 0 Å². The molecule has 0 aliphatic carbocycles. The largest absolute Gasteiger partial charge is 0.333 e. The second-order valence-corrected chi connectivity index (χ2v) is 0.577. The van der Waals surface area contributed by atoms with Crippen LogP contribution < -0.4 is 22.9 Å². The lowest BCUT2D eigenvalue weighted by Gasteiger charge is -1.84. The van der Waals surface area contributed by atoms with Gasteiger partial charge in [-0.15, -0.1) is 0 Å². The SMILES string of the molecule is CN.NC(N)N. The minimum Gasteiger partial charge on any atom is -0.333 e. The van der Waals surface area contributed by atoms with Gasteiger partial charge in [-0.25, -0.2) is 0 Å². The number of rotatable bonds is 0. The Hall–Kier alpha value is -0.160.